The number of ether oxygens (including phenoxy) is 2. The van der Waals surface area contributed by atoms with Crippen molar-refractivity contribution in [3.63, 3.8) is 0 Å². The molecule has 6 heteroatoms. The van der Waals surface area contributed by atoms with Gasteiger partial charge in [0.05, 0.1) is 6.54 Å². The molecule has 0 bridgehead atoms. The van der Waals surface area contributed by atoms with Gasteiger partial charge in [-0.2, -0.15) is 0 Å². The third kappa shape index (κ3) is 4.91. The molecule has 2 N–H and O–H groups in total. The van der Waals surface area contributed by atoms with Crippen LogP contribution in [0.5, 0.6) is 11.5 Å². The number of anilines is 1. The molecule has 0 aromatic heterocycles. The van der Waals surface area contributed by atoms with Crippen molar-refractivity contribution >= 4 is 11.6 Å². The summed E-state index contributed by atoms with van der Waals surface area (Å²) in [6.45, 7) is 6.23. The van der Waals surface area contributed by atoms with Gasteiger partial charge in [0.25, 0.3) is 0 Å². The van der Waals surface area contributed by atoms with E-state index in [9.17, 15) is 4.79 Å². The Balaban J connectivity index is 1.75. The highest BCUT2D eigenvalue weighted by Gasteiger charge is 2.12. The first-order valence-corrected chi connectivity index (χ1v) is 7.28. The fourth-order valence-electron chi connectivity index (χ4n) is 1.96. The lowest BCUT2D eigenvalue weighted by Gasteiger charge is -2.19. The molecular formula is C15H23N3O3. The number of fused-ring (bicyclic) bond motifs is 1. The van der Waals surface area contributed by atoms with E-state index in [1.54, 1.807) is 6.07 Å². The molecule has 1 heterocycles. The second-order valence-electron chi connectivity index (χ2n) is 4.98. The zero-order valence-corrected chi connectivity index (χ0v) is 12.6. The summed E-state index contributed by atoms with van der Waals surface area (Å²) in [6, 6.07) is 5.42. The van der Waals surface area contributed by atoms with Crippen molar-refractivity contribution in [2.45, 2.75) is 6.92 Å². The van der Waals surface area contributed by atoms with Gasteiger partial charge in [-0.05, 0) is 25.7 Å². The third-order valence-corrected chi connectivity index (χ3v) is 3.32. The first kappa shape index (κ1) is 15.6. The standard InChI is InChI=1S/C15H23N3O3/c1-3-18(2)7-6-16-11-15(19)17-12-4-5-13-14(10-12)21-9-8-20-13/h4-5,10,16H,3,6-9,11H2,1-2H3,(H,17,19). The van der Waals surface area contributed by atoms with Gasteiger partial charge in [0, 0.05) is 24.8 Å². The Kier molecular flexibility index (Phi) is 5.83. The number of carbonyl (C=O) groups excluding carboxylic acids is 1. The summed E-state index contributed by atoms with van der Waals surface area (Å²) >= 11 is 0. The van der Waals surface area contributed by atoms with Crippen LogP contribution in [0, 0.1) is 0 Å². The highest BCUT2D eigenvalue weighted by molar-refractivity contribution is 5.92. The molecule has 1 aromatic rings. The summed E-state index contributed by atoms with van der Waals surface area (Å²) < 4.78 is 10.9. The molecule has 0 fully saturated rings. The molecule has 1 aliphatic heterocycles. The van der Waals surface area contributed by atoms with Gasteiger partial charge in [-0.3, -0.25) is 4.79 Å². The highest BCUT2D eigenvalue weighted by Crippen LogP contribution is 2.32. The van der Waals surface area contributed by atoms with Gasteiger partial charge in [-0.1, -0.05) is 6.92 Å². The number of nitrogens with one attached hydrogen (secondary N) is 2. The Morgan fingerprint density at radius 2 is 2.05 bits per heavy atom. The lowest BCUT2D eigenvalue weighted by molar-refractivity contribution is -0.115. The van der Waals surface area contributed by atoms with Crippen molar-refractivity contribution < 1.29 is 14.3 Å². The van der Waals surface area contributed by atoms with E-state index < -0.39 is 0 Å². The smallest absolute Gasteiger partial charge is 0.238 e. The average molecular weight is 293 g/mol. The van der Waals surface area contributed by atoms with Crippen molar-refractivity contribution in [2.75, 3.05) is 51.8 Å². The van der Waals surface area contributed by atoms with E-state index in [0.29, 0.717) is 25.5 Å². The number of likely N-dealkylation sites (N-methyl/N-ethyl adjacent to an activating group) is 1. The first-order valence-electron chi connectivity index (χ1n) is 7.28. The normalized spacial score (nSPS) is 13.3. The van der Waals surface area contributed by atoms with Gasteiger partial charge in [-0.15, -0.1) is 0 Å². The molecule has 0 unspecified atom stereocenters. The van der Waals surface area contributed by atoms with E-state index in [2.05, 4.69) is 29.5 Å². The minimum atomic E-state index is -0.0640. The average Bonchev–Trinajstić information content (AvgIpc) is 2.51. The predicted molar refractivity (Wildman–Crippen MR) is 82.1 cm³/mol. The molecule has 6 nitrogen and oxygen atoms in total. The van der Waals surface area contributed by atoms with Crippen LogP contribution < -0.4 is 20.1 Å². The van der Waals surface area contributed by atoms with Gasteiger partial charge < -0.3 is 25.0 Å². The quantitative estimate of drug-likeness (QED) is 0.733. The predicted octanol–water partition coefficient (Wildman–Crippen LogP) is 0.938. The highest BCUT2D eigenvalue weighted by atomic mass is 16.6. The van der Waals surface area contributed by atoms with Crippen LogP contribution in [-0.4, -0.2) is 57.2 Å². The molecule has 116 valence electrons. The molecule has 0 spiro atoms. The molecule has 2 rings (SSSR count). The summed E-state index contributed by atoms with van der Waals surface area (Å²) in [6.07, 6.45) is 0. The lowest BCUT2D eigenvalue weighted by atomic mass is 10.2. The number of benzene rings is 1. The number of rotatable bonds is 7. The zero-order chi connectivity index (χ0) is 15.1. The van der Waals surface area contributed by atoms with Gasteiger partial charge in [0.1, 0.15) is 13.2 Å². The van der Waals surface area contributed by atoms with Crippen molar-refractivity contribution in [2.24, 2.45) is 0 Å². The van der Waals surface area contributed by atoms with Crippen LogP contribution in [0.4, 0.5) is 5.69 Å². The monoisotopic (exact) mass is 293 g/mol. The molecule has 1 aliphatic rings. The van der Waals surface area contributed by atoms with E-state index in [-0.39, 0.29) is 5.91 Å². The molecule has 0 saturated heterocycles. The molecule has 0 saturated carbocycles. The Labute approximate surface area is 125 Å². The lowest BCUT2D eigenvalue weighted by Crippen LogP contribution is -2.34. The second-order valence-corrected chi connectivity index (χ2v) is 4.98. The van der Waals surface area contributed by atoms with Gasteiger partial charge in [0.15, 0.2) is 11.5 Å². The number of carbonyl (C=O) groups is 1. The number of amides is 1. The Morgan fingerprint density at radius 3 is 2.81 bits per heavy atom. The summed E-state index contributed by atoms with van der Waals surface area (Å²) in [7, 11) is 2.05. The molecule has 1 aromatic carbocycles. The fraction of sp³-hybridized carbons (Fsp3) is 0.533. The molecule has 1 amide bonds. The zero-order valence-electron chi connectivity index (χ0n) is 12.6. The third-order valence-electron chi connectivity index (χ3n) is 3.32. The number of hydrogen-bond donors (Lipinski definition) is 2. The summed E-state index contributed by atoms with van der Waals surface area (Å²) in [5, 5.41) is 5.97. The van der Waals surface area contributed by atoms with E-state index in [0.717, 1.165) is 31.1 Å². The van der Waals surface area contributed by atoms with Gasteiger partial charge in [-0.25, -0.2) is 0 Å². The maximum atomic E-state index is 11.8. The van der Waals surface area contributed by atoms with Crippen LogP contribution in [0.25, 0.3) is 0 Å². The molecular weight excluding hydrogens is 270 g/mol. The Bertz CT molecular complexity index is 479. The van der Waals surface area contributed by atoms with E-state index in [4.69, 9.17) is 9.47 Å². The summed E-state index contributed by atoms with van der Waals surface area (Å²) in [5.41, 5.74) is 0.719. The van der Waals surface area contributed by atoms with Gasteiger partial charge >= 0.3 is 0 Å². The van der Waals surface area contributed by atoms with Crippen LogP contribution in [-0.2, 0) is 4.79 Å². The fourth-order valence-corrected chi connectivity index (χ4v) is 1.96. The van der Waals surface area contributed by atoms with Crippen LogP contribution in [0.1, 0.15) is 6.92 Å². The second kappa shape index (κ2) is 7.85. The van der Waals surface area contributed by atoms with Crippen LogP contribution in [0.2, 0.25) is 0 Å². The SMILES string of the molecule is CCN(C)CCNCC(=O)Nc1ccc2c(c1)OCCO2. The Morgan fingerprint density at radius 1 is 1.29 bits per heavy atom. The summed E-state index contributed by atoms with van der Waals surface area (Å²) in [5.74, 6) is 1.34. The molecule has 0 aliphatic carbocycles. The van der Waals surface area contributed by atoms with Crippen LogP contribution in [0.3, 0.4) is 0 Å². The van der Waals surface area contributed by atoms with E-state index in [1.807, 2.05) is 12.1 Å². The first-order chi connectivity index (χ1) is 10.2. The van der Waals surface area contributed by atoms with Crippen LogP contribution in [0.15, 0.2) is 18.2 Å². The number of nitrogens with zero attached hydrogens (tertiary/aromatic N) is 1. The van der Waals surface area contributed by atoms with E-state index in [1.165, 1.54) is 0 Å². The minimum Gasteiger partial charge on any atom is -0.486 e. The molecule has 21 heavy (non-hydrogen) atoms. The largest absolute Gasteiger partial charge is 0.486 e. The Hall–Kier alpha value is -1.79. The van der Waals surface area contributed by atoms with Crippen molar-refractivity contribution in [1.29, 1.82) is 0 Å². The minimum absolute atomic E-state index is 0.0640. The molecule has 0 atom stereocenters. The number of hydrogen-bond acceptors (Lipinski definition) is 5. The maximum absolute atomic E-state index is 11.8. The maximum Gasteiger partial charge on any atom is 0.238 e. The topological polar surface area (TPSA) is 62.8 Å². The van der Waals surface area contributed by atoms with Crippen LogP contribution >= 0.6 is 0 Å². The van der Waals surface area contributed by atoms with Crippen molar-refractivity contribution in [1.82, 2.24) is 10.2 Å². The van der Waals surface area contributed by atoms with Gasteiger partial charge in [0.2, 0.25) is 5.91 Å². The summed E-state index contributed by atoms with van der Waals surface area (Å²) in [4.78, 5) is 14.0. The van der Waals surface area contributed by atoms with E-state index >= 15 is 0 Å². The molecule has 0 radical (unpaired) electrons. The van der Waals surface area contributed by atoms with Crippen molar-refractivity contribution in [3.8, 4) is 11.5 Å². The van der Waals surface area contributed by atoms with Crippen molar-refractivity contribution in [3.05, 3.63) is 18.2 Å².